The first-order chi connectivity index (χ1) is 10.8. The van der Waals surface area contributed by atoms with E-state index in [-0.39, 0.29) is 5.91 Å². The summed E-state index contributed by atoms with van der Waals surface area (Å²) in [6.07, 6.45) is 3.36. The van der Waals surface area contributed by atoms with Crippen LogP contribution in [0.3, 0.4) is 0 Å². The van der Waals surface area contributed by atoms with Crippen LogP contribution in [0.5, 0.6) is 0 Å². The molecule has 3 nitrogen and oxygen atoms in total. The van der Waals surface area contributed by atoms with Crippen LogP contribution in [0, 0.1) is 0 Å². The molecule has 0 saturated heterocycles. The molecule has 2 aromatic carbocycles. The van der Waals surface area contributed by atoms with Gasteiger partial charge in [-0.3, -0.25) is 4.79 Å². The van der Waals surface area contributed by atoms with Crippen LogP contribution in [0.25, 0.3) is 6.08 Å². The van der Waals surface area contributed by atoms with E-state index in [9.17, 15) is 4.79 Å². The summed E-state index contributed by atoms with van der Waals surface area (Å²) in [5.74, 6) is -0.102. The molecule has 114 valence electrons. The minimum absolute atomic E-state index is 0.102. The number of rotatable bonds is 7. The fraction of sp³-hybridized carbons (Fsp3) is 0.211. The smallest absolute Gasteiger partial charge is 0.244 e. The van der Waals surface area contributed by atoms with E-state index in [1.165, 1.54) is 0 Å². The Balaban J connectivity index is 1.90. The molecule has 0 atom stereocenters. The molecular weight excluding hydrogens is 274 g/mol. The Morgan fingerprint density at radius 2 is 1.73 bits per heavy atom. The van der Waals surface area contributed by atoms with Crippen molar-refractivity contribution in [1.82, 2.24) is 5.32 Å². The monoisotopic (exact) mass is 295 g/mol. The molecule has 0 aliphatic rings. The Morgan fingerprint density at radius 1 is 1.05 bits per heavy atom. The maximum atomic E-state index is 11.9. The Morgan fingerprint density at radius 3 is 2.45 bits per heavy atom. The highest BCUT2D eigenvalue weighted by Gasteiger charge is 2.03. The molecule has 0 spiro atoms. The van der Waals surface area contributed by atoms with Gasteiger partial charge < -0.3 is 10.1 Å². The van der Waals surface area contributed by atoms with E-state index in [1.54, 1.807) is 12.2 Å². The van der Waals surface area contributed by atoms with Crippen molar-refractivity contribution < 1.29 is 9.53 Å². The average molecular weight is 295 g/mol. The van der Waals surface area contributed by atoms with Crippen LogP contribution in [0.1, 0.15) is 23.6 Å². The molecule has 0 bridgehead atoms. The van der Waals surface area contributed by atoms with E-state index in [2.05, 4.69) is 5.32 Å². The SMILES string of the molecule is CCOCc1ccccc1CNC(=O)/C=C/c1ccccc1. The van der Waals surface area contributed by atoms with E-state index < -0.39 is 0 Å². The predicted octanol–water partition coefficient (Wildman–Crippen LogP) is 3.55. The third-order valence-corrected chi connectivity index (χ3v) is 3.26. The van der Waals surface area contributed by atoms with Crippen LogP contribution >= 0.6 is 0 Å². The highest BCUT2D eigenvalue weighted by Crippen LogP contribution is 2.10. The molecule has 22 heavy (non-hydrogen) atoms. The second kappa shape index (κ2) is 8.80. The maximum absolute atomic E-state index is 11.9. The number of hydrogen-bond acceptors (Lipinski definition) is 2. The summed E-state index contributed by atoms with van der Waals surface area (Å²) >= 11 is 0. The summed E-state index contributed by atoms with van der Waals surface area (Å²) < 4.78 is 5.45. The number of benzene rings is 2. The van der Waals surface area contributed by atoms with E-state index >= 15 is 0 Å². The van der Waals surface area contributed by atoms with E-state index in [0.29, 0.717) is 19.8 Å². The van der Waals surface area contributed by atoms with E-state index in [4.69, 9.17) is 4.74 Å². The van der Waals surface area contributed by atoms with Gasteiger partial charge in [-0.05, 0) is 29.7 Å². The maximum Gasteiger partial charge on any atom is 0.244 e. The fourth-order valence-electron chi connectivity index (χ4n) is 2.06. The van der Waals surface area contributed by atoms with Crippen molar-refractivity contribution in [2.75, 3.05) is 6.61 Å². The third kappa shape index (κ3) is 5.19. The lowest BCUT2D eigenvalue weighted by atomic mass is 10.1. The lowest BCUT2D eigenvalue weighted by Gasteiger charge is -2.09. The largest absolute Gasteiger partial charge is 0.377 e. The predicted molar refractivity (Wildman–Crippen MR) is 89.1 cm³/mol. The highest BCUT2D eigenvalue weighted by atomic mass is 16.5. The van der Waals surface area contributed by atoms with Crippen LogP contribution in [0.15, 0.2) is 60.7 Å². The molecule has 0 radical (unpaired) electrons. The summed E-state index contributed by atoms with van der Waals surface area (Å²) in [4.78, 5) is 11.9. The van der Waals surface area contributed by atoms with Gasteiger partial charge >= 0.3 is 0 Å². The lowest BCUT2D eigenvalue weighted by molar-refractivity contribution is -0.116. The average Bonchev–Trinajstić information content (AvgIpc) is 2.58. The highest BCUT2D eigenvalue weighted by molar-refractivity contribution is 5.91. The summed E-state index contributed by atoms with van der Waals surface area (Å²) in [7, 11) is 0. The molecule has 0 saturated carbocycles. The van der Waals surface area contributed by atoms with Gasteiger partial charge in [-0.25, -0.2) is 0 Å². The number of carbonyl (C=O) groups is 1. The first-order valence-electron chi connectivity index (χ1n) is 7.45. The first-order valence-corrected chi connectivity index (χ1v) is 7.45. The zero-order valence-corrected chi connectivity index (χ0v) is 12.8. The van der Waals surface area contributed by atoms with E-state index in [0.717, 1.165) is 16.7 Å². The molecule has 1 amide bonds. The van der Waals surface area contributed by atoms with Crippen LogP contribution in [0.2, 0.25) is 0 Å². The molecule has 0 aromatic heterocycles. The van der Waals surface area contributed by atoms with Gasteiger partial charge in [0.2, 0.25) is 5.91 Å². The van der Waals surface area contributed by atoms with Gasteiger partial charge in [0.15, 0.2) is 0 Å². The third-order valence-electron chi connectivity index (χ3n) is 3.26. The van der Waals surface area contributed by atoms with Crippen molar-refractivity contribution >= 4 is 12.0 Å². The molecular formula is C19H21NO2. The second-order valence-electron chi connectivity index (χ2n) is 4.87. The summed E-state index contributed by atoms with van der Waals surface area (Å²) in [6, 6.07) is 17.7. The number of ether oxygens (including phenoxy) is 1. The van der Waals surface area contributed by atoms with Gasteiger partial charge in [0.1, 0.15) is 0 Å². The van der Waals surface area contributed by atoms with Crippen molar-refractivity contribution in [2.45, 2.75) is 20.1 Å². The van der Waals surface area contributed by atoms with Crippen molar-refractivity contribution in [1.29, 1.82) is 0 Å². The number of hydrogen-bond donors (Lipinski definition) is 1. The molecule has 0 aliphatic carbocycles. The summed E-state index contributed by atoms with van der Waals surface area (Å²) in [5.41, 5.74) is 3.20. The molecule has 2 aromatic rings. The van der Waals surface area contributed by atoms with Crippen LogP contribution < -0.4 is 5.32 Å². The topological polar surface area (TPSA) is 38.3 Å². The molecule has 0 unspecified atom stereocenters. The minimum Gasteiger partial charge on any atom is -0.377 e. The standard InChI is InChI=1S/C19H21NO2/c1-2-22-15-18-11-7-6-10-17(18)14-20-19(21)13-12-16-8-4-3-5-9-16/h3-13H,2,14-15H2,1H3,(H,20,21)/b13-12+. The first kappa shape index (κ1) is 16.0. The molecule has 0 heterocycles. The molecule has 2 rings (SSSR count). The Kier molecular flexibility index (Phi) is 6.39. The molecule has 0 aliphatic heterocycles. The summed E-state index contributed by atoms with van der Waals surface area (Å²) in [6.45, 7) is 3.73. The Labute approximate surface area is 131 Å². The van der Waals surface area contributed by atoms with Gasteiger partial charge in [0, 0.05) is 19.2 Å². The van der Waals surface area contributed by atoms with Crippen LogP contribution in [-0.4, -0.2) is 12.5 Å². The Bertz CT molecular complexity index is 620. The van der Waals surface area contributed by atoms with Gasteiger partial charge in [-0.2, -0.15) is 0 Å². The normalized spacial score (nSPS) is 10.8. The fourth-order valence-corrected chi connectivity index (χ4v) is 2.06. The molecule has 3 heteroatoms. The van der Waals surface area contributed by atoms with Gasteiger partial charge in [0.05, 0.1) is 6.61 Å². The van der Waals surface area contributed by atoms with Crippen molar-refractivity contribution in [3.63, 3.8) is 0 Å². The lowest BCUT2D eigenvalue weighted by Crippen LogP contribution is -2.21. The van der Waals surface area contributed by atoms with Crippen molar-refractivity contribution in [3.05, 3.63) is 77.4 Å². The second-order valence-corrected chi connectivity index (χ2v) is 4.87. The van der Waals surface area contributed by atoms with Crippen LogP contribution in [0.4, 0.5) is 0 Å². The number of nitrogens with one attached hydrogen (secondary N) is 1. The summed E-state index contributed by atoms with van der Waals surface area (Å²) in [5, 5.41) is 2.90. The van der Waals surface area contributed by atoms with Crippen molar-refractivity contribution in [2.24, 2.45) is 0 Å². The number of amides is 1. The zero-order chi connectivity index (χ0) is 15.6. The van der Waals surface area contributed by atoms with Gasteiger partial charge in [-0.15, -0.1) is 0 Å². The zero-order valence-electron chi connectivity index (χ0n) is 12.8. The van der Waals surface area contributed by atoms with Crippen LogP contribution in [-0.2, 0) is 22.7 Å². The van der Waals surface area contributed by atoms with Gasteiger partial charge in [-0.1, -0.05) is 54.6 Å². The Hall–Kier alpha value is -2.39. The van der Waals surface area contributed by atoms with Gasteiger partial charge in [0.25, 0.3) is 0 Å². The molecule has 1 N–H and O–H groups in total. The van der Waals surface area contributed by atoms with E-state index in [1.807, 2.05) is 61.5 Å². The number of carbonyl (C=O) groups excluding carboxylic acids is 1. The molecule has 0 fully saturated rings. The quantitative estimate of drug-likeness (QED) is 0.793. The minimum atomic E-state index is -0.102. The van der Waals surface area contributed by atoms with Crippen molar-refractivity contribution in [3.8, 4) is 0 Å².